The number of aromatic nitrogens is 1. The van der Waals surface area contributed by atoms with Crippen molar-refractivity contribution in [3.8, 4) is 34.4 Å². The van der Waals surface area contributed by atoms with Crippen molar-refractivity contribution in [1.82, 2.24) is 10.3 Å². The van der Waals surface area contributed by atoms with Crippen molar-refractivity contribution in [2.24, 2.45) is 0 Å². The van der Waals surface area contributed by atoms with Gasteiger partial charge in [0.05, 0.1) is 29.9 Å². The molecule has 0 saturated carbocycles. The molecule has 226 valence electrons. The molecule has 0 saturated heterocycles. The van der Waals surface area contributed by atoms with Crippen LogP contribution in [0.15, 0.2) is 67.0 Å². The number of ether oxygens (including phenoxy) is 3. The van der Waals surface area contributed by atoms with Crippen LogP contribution in [-0.4, -0.2) is 40.9 Å². The van der Waals surface area contributed by atoms with E-state index in [2.05, 4.69) is 10.3 Å². The summed E-state index contributed by atoms with van der Waals surface area (Å²) in [6, 6.07) is 16.2. The maximum atomic E-state index is 15.0. The van der Waals surface area contributed by atoms with Gasteiger partial charge in [0.25, 0.3) is 0 Å². The molecular weight excluding hydrogens is 589 g/mol. The molecule has 11 heteroatoms. The maximum absolute atomic E-state index is 15.0. The zero-order valence-electron chi connectivity index (χ0n) is 23.7. The Morgan fingerprint density at radius 3 is 2.75 bits per heavy atom. The highest BCUT2D eigenvalue weighted by Gasteiger charge is 2.29. The van der Waals surface area contributed by atoms with Crippen LogP contribution in [0.4, 0.5) is 4.39 Å². The van der Waals surface area contributed by atoms with Gasteiger partial charge in [0, 0.05) is 36.1 Å². The molecule has 4 aromatic rings. The molecule has 0 unspecified atom stereocenters. The Hall–Kier alpha value is -4.69. The Labute approximate surface area is 258 Å². The molecule has 3 N–H and O–H groups in total. The predicted octanol–water partition coefficient (Wildman–Crippen LogP) is 5.60. The third kappa shape index (κ3) is 6.60. The van der Waals surface area contributed by atoms with Crippen LogP contribution in [0.25, 0.3) is 11.1 Å². The van der Waals surface area contributed by atoms with E-state index in [1.807, 2.05) is 24.3 Å². The van der Waals surface area contributed by atoms with Gasteiger partial charge in [0.2, 0.25) is 0 Å². The Kier molecular flexibility index (Phi) is 9.60. The van der Waals surface area contributed by atoms with Crippen molar-refractivity contribution in [2.45, 2.75) is 38.1 Å². The summed E-state index contributed by atoms with van der Waals surface area (Å²) in [7, 11) is 1.51. The van der Waals surface area contributed by atoms with Gasteiger partial charge in [-0.1, -0.05) is 35.9 Å². The summed E-state index contributed by atoms with van der Waals surface area (Å²) in [5, 5.41) is 31.0. The molecule has 1 heterocycles. The van der Waals surface area contributed by atoms with Gasteiger partial charge in [-0.15, -0.1) is 0 Å². The van der Waals surface area contributed by atoms with Crippen LogP contribution in [0.2, 0.25) is 5.02 Å². The largest absolute Gasteiger partial charge is 0.496 e. The number of pyridine rings is 1. The van der Waals surface area contributed by atoms with Gasteiger partial charge in [-0.25, -0.2) is 4.39 Å². The first-order valence-corrected chi connectivity index (χ1v) is 14.2. The van der Waals surface area contributed by atoms with E-state index in [0.29, 0.717) is 52.3 Å². The van der Waals surface area contributed by atoms with E-state index >= 15 is 0 Å². The number of hydrogen-bond donors (Lipinski definition) is 3. The molecule has 1 aliphatic carbocycles. The van der Waals surface area contributed by atoms with Crippen LogP contribution in [0.3, 0.4) is 0 Å². The number of methoxy groups -OCH3 is 1. The highest BCUT2D eigenvalue weighted by molar-refractivity contribution is 6.32. The van der Waals surface area contributed by atoms with Crippen molar-refractivity contribution in [3.05, 3.63) is 106 Å². The average Bonchev–Trinajstić information content (AvgIpc) is 3.44. The molecule has 0 amide bonds. The number of hydrogen-bond acceptors (Lipinski definition) is 8. The van der Waals surface area contributed by atoms with Crippen LogP contribution in [0.5, 0.6) is 17.2 Å². The molecule has 3 aromatic carbocycles. The fourth-order valence-corrected chi connectivity index (χ4v) is 5.48. The Morgan fingerprint density at radius 2 is 2.00 bits per heavy atom. The summed E-state index contributed by atoms with van der Waals surface area (Å²) in [4.78, 5) is 15.5. The van der Waals surface area contributed by atoms with Gasteiger partial charge in [0.15, 0.2) is 0 Å². The summed E-state index contributed by atoms with van der Waals surface area (Å²) in [6.07, 6.45) is 3.93. The minimum absolute atomic E-state index is 0.0312. The Morgan fingerprint density at radius 1 is 1.18 bits per heavy atom. The van der Waals surface area contributed by atoms with Crippen molar-refractivity contribution in [1.29, 1.82) is 5.26 Å². The van der Waals surface area contributed by atoms with Gasteiger partial charge in [-0.2, -0.15) is 5.26 Å². The van der Waals surface area contributed by atoms with Crippen molar-refractivity contribution < 1.29 is 33.6 Å². The van der Waals surface area contributed by atoms with Crippen molar-refractivity contribution in [2.75, 3.05) is 13.7 Å². The van der Waals surface area contributed by atoms with Gasteiger partial charge in [-0.05, 0) is 53.8 Å². The first-order chi connectivity index (χ1) is 21.3. The summed E-state index contributed by atoms with van der Waals surface area (Å²) in [5.74, 6) is -0.424. The Balaban J connectivity index is 1.45. The van der Waals surface area contributed by atoms with Crippen molar-refractivity contribution >= 4 is 17.6 Å². The monoisotopic (exact) mass is 617 g/mol. The number of halogens is 2. The van der Waals surface area contributed by atoms with Gasteiger partial charge < -0.3 is 24.4 Å². The number of nitrogens with zero attached hydrogens (tertiary/aromatic N) is 2. The van der Waals surface area contributed by atoms with Crippen LogP contribution < -0.4 is 19.5 Å². The minimum atomic E-state index is -1.20. The molecule has 0 fully saturated rings. The van der Waals surface area contributed by atoms with E-state index in [0.717, 1.165) is 16.7 Å². The fraction of sp³-hybridized carbons (Fsp3) is 0.242. The first-order valence-electron chi connectivity index (χ1n) is 13.8. The molecule has 5 rings (SSSR count). The second-order valence-corrected chi connectivity index (χ2v) is 10.6. The van der Waals surface area contributed by atoms with E-state index in [1.54, 1.807) is 36.5 Å². The second-order valence-electron chi connectivity index (χ2n) is 10.2. The fourth-order valence-electron chi connectivity index (χ4n) is 5.25. The molecule has 0 spiro atoms. The Bertz CT molecular complexity index is 1730. The van der Waals surface area contributed by atoms with Gasteiger partial charge >= 0.3 is 5.97 Å². The quantitative estimate of drug-likeness (QED) is 0.186. The standard InChI is InChI=1S/C33H29ClFN3O6/c1-42-29-7-3-6-26(35)32(29)24-5-2-4-23-22(24)8-9-28(23)44-31-12-30(43-18-20-10-19(13-36)14-37-15-20)21(11-25(31)34)16-38-27(17-39)33(40)41/h2-7,10-12,14-15,27-28,38-39H,8-9,16-18H2,1H3,(H,40,41)/t27-,28-/m0/s1. The molecule has 1 aliphatic rings. The normalized spacial score (nSPS) is 14.4. The average molecular weight is 618 g/mol. The predicted molar refractivity (Wildman–Crippen MR) is 160 cm³/mol. The lowest BCUT2D eigenvalue weighted by molar-refractivity contribution is -0.140. The van der Waals surface area contributed by atoms with Crippen LogP contribution in [0.1, 0.15) is 40.3 Å². The molecule has 44 heavy (non-hydrogen) atoms. The first kappa shape index (κ1) is 30.8. The van der Waals surface area contributed by atoms with Crippen LogP contribution in [-0.2, 0) is 24.4 Å². The summed E-state index contributed by atoms with van der Waals surface area (Å²) in [5.41, 5.74) is 4.58. The number of aliphatic hydroxyl groups excluding tert-OH is 1. The van der Waals surface area contributed by atoms with Gasteiger partial charge in [-0.3, -0.25) is 15.1 Å². The van der Waals surface area contributed by atoms with Crippen molar-refractivity contribution in [3.63, 3.8) is 0 Å². The number of fused-ring (bicyclic) bond motifs is 1. The lowest BCUT2D eigenvalue weighted by Gasteiger charge is -2.20. The molecule has 0 aliphatic heterocycles. The van der Waals surface area contributed by atoms with Gasteiger partial charge in [0.1, 0.15) is 47.9 Å². The zero-order valence-corrected chi connectivity index (χ0v) is 24.5. The number of carboxylic acid groups (broad SMARTS) is 1. The summed E-state index contributed by atoms with van der Waals surface area (Å²) < 4.78 is 33.0. The summed E-state index contributed by atoms with van der Waals surface area (Å²) >= 11 is 6.68. The number of benzene rings is 3. The lowest BCUT2D eigenvalue weighted by atomic mass is 9.95. The van der Waals surface area contributed by atoms with Crippen LogP contribution in [0, 0.1) is 17.1 Å². The molecule has 9 nitrogen and oxygen atoms in total. The molecule has 1 aromatic heterocycles. The van der Waals surface area contributed by atoms with E-state index < -0.39 is 18.6 Å². The number of carbonyl (C=O) groups is 1. The van der Waals surface area contributed by atoms with E-state index in [4.69, 9.17) is 25.8 Å². The number of nitriles is 1. The second kappa shape index (κ2) is 13.7. The third-order valence-corrected chi connectivity index (χ3v) is 7.70. The minimum Gasteiger partial charge on any atom is -0.496 e. The van der Waals surface area contributed by atoms with Crippen LogP contribution >= 0.6 is 11.6 Å². The molecular formula is C33H29ClFN3O6. The number of nitrogens with one attached hydrogen (secondary N) is 1. The topological polar surface area (TPSA) is 134 Å². The highest BCUT2D eigenvalue weighted by atomic mass is 35.5. The number of rotatable bonds is 12. The number of aliphatic hydroxyl groups is 1. The molecule has 0 bridgehead atoms. The molecule has 0 radical (unpaired) electrons. The lowest BCUT2D eigenvalue weighted by Crippen LogP contribution is -2.39. The summed E-state index contributed by atoms with van der Waals surface area (Å²) in [6.45, 7) is -0.503. The zero-order chi connectivity index (χ0) is 31.2. The number of aliphatic carboxylic acids is 1. The SMILES string of the molecule is COc1cccc(F)c1-c1cccc2c1CC[C@@H]2Oc1cc(OCc2cncc(C#N)c2)c(CN[C@@H](CO)C(=O)O)cc1Cl. The smallest absolute Gasteiger partial charge is 0.323 e. The van der Waals surface area contributed by atoms with E-state index in [9.17, 15) is 24.7 Å². The highest BCUT2D eigenvalue weighted by Crippen LogP contribution is 2.45. The molecule has 2 atom stereocenters. The maximum Gasteiger partial charge on any atom is 0.323 e. The van der Waals surface area contributed by atoms with E-state index in [1.165, 1.54) is 19.4 Å². The number of carboxylic acids is 1. The third-order valence-electron chi connectivity index (χ3n) is 7.40. The van der Waals surface area contributed by atoms with E-state index in [-0.39, 0.29) is 30.1 Å².